The summed E-state index contributed by atoms with van der Waals surface area (Å²) in [6.45, 7) is 0. The minimum atomic E-state index is -0.263. The van der Waals surface area contributed by atoms with E-state index in [1.54, 1.807) is 0 Å². The van der Waals surface area contributed by atoms with Crippen LogP contribution in [-0.2, 0) is 0 Å². The van der Waals surface area contributed by atoms with E-state index in [9.17, 15) is 5.11 Å². The molecule has 0 spiro atoms. The molecule has 0 aliphatic heterocycles. The van der Waals surface area contributed by atoms with Crippen LogP contribution in [0.5, 0.6) is 0 Å². The summed E-state index contributed by atoms with van der Waals surface area (Å²) in [5, 5.41) is 10.4. The lowest BCUT2D eigenvalue weighted by atomic mass is 9.97. The molecule has 0 unspecified atom stereocenters. The van der Waals surface area contributed by atoms with Crippen molar-refractivity contribution in [2.45, 2.75) is 18.4 Å². The highest BCUT2D eigenvalue weighted by molar-refractivity contribution is 6.30. The van der Waals surface area contributed by atoms with E-state index in [-0.39, 0.29) is 12.0 Å². The van der Waals surface area contributed by atoms with Gasteiger partial charge < -0.3 is 5.11 Å². The van der Waals surface area contributed by atoms with Crippen LogP contribution >= 0.6 is 11.6 Å². The lowest BCUT2D eigenvalue weighted by Crippen LogP contribution is -2.11. The Morgan fingerprint density at radius 3 is 2.46 bits per heavy atom. The molecule has 1 aliphatic rings. The van der Waals surface area contributed by atoms with Crippen molar-refractivity contribution >= 4 is 11.6 Å². The van der Waals surface area contributed by atoms with Crippen LogP contribution < -0.4 is 0 Å². The molecule has 0 amide bonds. The molecule has 1 aromatic rings. The lowest BCUT2D eigenvalue weighted by molar-refractivity contribution is 0.171. The molecule has 1 nitrogen and oxygen atoms in total. The van der Waals surface area contributed by atoms with Gasteiger partial charge in [-0.3, -0.25) is 0 Å². The summed E-state index contributed by atoms with van der Waals surface area (Å²) < 4.78 is 0. The fourth-order valence-electron chi connectivity index (χ4n) is 1.66. The Hall–Kier alpha value is -0.790. The number of hydrogen-bond acceptors (Lipinski definition) is 1. The van der Waals surface area contributed by atoms with Crippen LogP contribution in [0.4, 0.5) is 0 Å². The van der Waals surface area contributed by atoms with Crippen LogP contribution in [0, 0.1) is 0 Å². The molecular weight excluding hydrogens is 184 g/mol. The van der Waals surface area contributed by atoms with Gasteiger partial charge in [-0.05, 0) is 24.1 Å². The summed E-state index contributed by atoms with van der Waals surface area (Å²) in [5.41, 5.74) is 1.13. The van der Waals surface area contributed by atoms with Gasteiger partial charge in [0.05, 0.1) is 6.10 Å². The van der Waals surface area contributed by atoms with E-state index in [0.717, 1.165) is 17.0 Å². The van der Waals surface area contributed by atoms with Crippen molar-refractivity contribution in [1.29, 1.82) is 0 Å². The highest BCUT2D eigenvalue weighted by Crippen LogP contribution is 2.29. The molecule has 1 aromatic carbocycles. The van der Waals surface area contributed by atoms with Gasteiger partial charge in [-0.1, -0.05) is 35.9 Å². The molecule has 2 heteroatoms. The van der Waals surface area contributed by atoms with Gasteiger partial charge in [-0.15, -0.1) is 0 Å². The number of rotatable bonds is 1. The Bertz CT molecular complexity index is 315. The van der Waals surface area contributed by atoms with Crippen LogP contribution in [0.25, 0.3) is 0 Å². The average Bonchev–Trinajstić information content (AvgIpc) is 2.53. The molecule has 0 bridgehead atoms. The van der Waals surface area contributed by atoms with Crippen molar-refractivity contribution in [3.8, 4) is 0 Å². The smallest absolute Gasteiger partial charge is 0.0677 e. The molecular formula is C11H11ClO. The molecule has 0 heterocycles. The molecule has 2 atom stereocenters. The third kappa shape index (κ3) is 1.77. The summed E-state index contributed by atoms with van der Waals surface area (Å²) in [5.74, 6) is 0.150. The second kappa shape index (κ2) is 3.52. The van der Waals surface area contributed by atoms with Crippen molar-refractivity contribution in [1.82, 2.24) is 0 Å². The largest absolute Gasteiger partial charge is 0.392 e. The van der Waals surface area contributed by atoms with Crippen molar-refractivity contribution in [3.63, 3.8) is 0 Å². The molecule has 68 valence electrons. The van der Waals surface area contributed by atoms with Gasteiger partial charge in [0.1, 0.15) is 0 Å². The summed E-state index contributed by atoms with van der Waals surface area (Å²) in [6, 6.07) is 7.64. The van der Waals surface area contributed by atoms with Crippen molar-refractivity contribution in [2.24, 2.45) is 0 Å². The van der Waals surface area contributed by atoms with E-state index < -0.39 is 0 Å². The minimum Gasteiger partial charge on any atom is -0.392 e. The summed E-state index contributed by atoms with van der Waals surface area (Å²) in [4.78, 5) is 0. The molecule has 1 N–H and O–H groups in total. The number of halogens is 1. The van der Waals surface area contributed by atoms with Crippen LogP contribution in [0.15, 0.2) is 36.4 Å². The highest BCUT2D eigenvalue weighted by atomic mass is 35.5. The molecule has 2 rings (SSSR count). The van der Waals surface area contributed by atoms with E-state index >= 15 is 0 Å². The molecule has 0 saturated carbocycles. The third-order valence-electron chi connectivity index (χ3n) is 2.39. The Kier molecular flexibility index (Phi) is 2.38. The van der Waals surface area contributed by atoms with E-state index in [0.29, 0.717) is 0 Å². The van der Waals surface area contributed by atoms with Crippen LogP contribution in [-0.4, -0.2) is 11.2 Å². The quantitative estimate of drug-likeness (QED) is 0.682. The summed E-state index contributed by atoms with van der Waals surface area (Å²) in [7, 11) is 0. The molecule has 0 radical (unpaired) electrons. The maximum absolute atomic E-state index is 9.62. The van der Waals surface area contributed by atoms with Crippen molar-refractivity contribution < 1.29 is 5.11 Å². The topological polar surface area (TPSA) is 20.2 Å². The fourth-order valence-corrected chi connectivity index (χ4v) is 1.78. The molecule has 1 aliphatic carbocycles. The van der Waals surface area contributed by atoms with Gasteiger partial charge in [0.15, 0.2) is 0 Å². The van der Waals surface area contributed by atoms with E-state index in [4.69, 9.17) is 11.6 Å². The molecule has 0 aromatic heterocycles. The number of aliphatic hydroxyl groups excluding tert-OH is 1. The van der Waals surface area contributed by atoms with Gasteiger partial charge in [-0.25, -0.2) is 0 Å². The van der Waals surface area contributed by atoms with E-state index in [2.05, 4.69) is 0 Å². The first-order chi connectivity index (χ1) is 6.27. The average molecular weight is 195 g/mol. The van der Waals surface area contributed by atoms with Crippen LogP contribution in [0.3, 0.4) is 0 Å². The highest BCUT2D eigenvalue weighted by Gasteiger charge is 2.21. The van der Waals surface area contributed by atoms with Gasteiger partial charge in [0.2, 0.25) is 0 Å². The van der Waals surface area contributed by atoms with Crippen molar-refractivity contribution in [3.05, 3.63) is 47.0 Å². The zero-order valence-corrected chi connectivity index (χ0v) is 7.91. The van der Waals surface area contributed by atoms with Crippen LogP contribution in [0.1, 0.15) is 17.9 Å². The number of hydrogen-bond donors (Lipinski definition) is 1. The SMILES string of the molecule is O[C@@H]1CC=C[C@H]1c1ccc(Cl)cc1. The zero-order valence-electron chi connectivity index (χ0n) is 7.15. The van der Waals surface area contributed by atoms with Crippen molar-refractivity contribution in [2.75, 3.05) is 0 Å². The Morgan fingerprint density at radius 1 is 1.23 bits per heavy atom. The number of benzene rings is 1. The standard InChI is InChI=1S/C11H11ClO/c12-9-6-4-8(5-7-9)10-2-1-3-11(10)13/h1-2,4-7,10-11,13H,3H2/t10-,11+/m0/s1. The molecule has 0 fully saturated rings. The molecule has 13 heavy (non-hydrogen) atoms. The van der Waals surface area contributed by atoms with E-state index in [1.807, 2.05) is 36.4 Å². The monoisotopic (exact) mass is 194 g/mol. The van der Waals surface area contributed by atoms with Gasteiger partial charge in [0, 0.05) is 10.9 Å². The second-order valence-corrected chi connectivity index (χ2v) is 3.74. The summed E-state index contributed by atoms with van der Waals surface area (Å²) in [6.07, 6.45) is 4.56. The first kappa shape index (κ1) is 8.79. The predicted octanol–water partition coefficient (Wildman–Crippen LogP) is 2.74. The Morgan fingerprint density at radius 2 is 1.92 bits per heavy atom. The van der Waals surface area contributed by atoms with E-state index in [1.165, 1.54) is 0 Å². The Labute approximate surface area is 82.7 Å². The first-order valence-electron chi connectivity index (χ1n) is 4.37. The first-order valence-corrected chi connectivity index (χ1v) is 4.75. The molecule has 0 saturated heterocycles. The zero-order chi connectivity index (χ0) is 9.26. The Balaban J connectivity index is 2.25. The lowest BCUT2D eigenvalue weighted by Gasteiger charge is -2.13. The number of aliphatic hydroxyl groups is 1. The minimum absolute atomic E-state index is 0.150. The fraction of sp³-hybridized carbons (Fsp3) is 0.273. The normalized spacial score (nSPS) is 26.6. The summed E-state index contributed by atoms with van der Waals surface area (Å²) >= 11 is 5.77. The van der Waals surface area contributed by atoms with Gasteiger partial charge in [-0.2, -0.15) is 0 Å². The maximum Gasteiger partial charge on any atom is 0.0677 e. The second-order valence-electron chi connectivity index (χ2n) is 3.31. The predicted molar refractivity (Wildman–Crippen MR) is 54.0 cm³/mol. The van der Waals surface area contributed by atoms with Gasteiger partial charge in [0.25, 0.3) is 0 Å². The van der Waals surface area contributed by atoms with Crippen LogP contribution in [0.2, 0.25) is 5.02 Å². The third-order valence-corrected chi connectivity index (χ3v) is 2.64. The maximum atomic E-state index is 9.62. The van der Waals surface area contributed by atoms with Gasteiger partial charge >= 0.3 is 0 Å².